The van der Waals surface area contributed by atoms with Crippen molar-refractivity contribution < 1.29 is 24.2 Å². The van der Waals surface area contributed by atoms with Gasteiger partial charge in [-0.15, -0.1) is 13.2 Å². The first-order valence-electron chi connectivity index (χ1n) is 14.3. The van der Waals surface area contributed by atoms with Crippen molar-refractivity contribution in [2.45, 2.75) is 69.6 Å². The summed E-state index contributed by atoms with van der Waals surface area (Å²) in [5.41, 5.74) is -1.18. The number of carbonyl (C=O) groups is 3. The van der Waals surface area contributed by atoms with Crippen molar-refractivity contribution in [2.75, 3.05) is 37.7 Å². The number of carbonyl (C=O) groups excluding carboxylic acids is 3. The second-order valence-electron chi connectivity index (χ2n) is 11.2. The highest BCUT2D eigenvalue weighted by molar-refractivity contribution is 6.03. The Morgan fingerprint density at radius 2 is 1.82 bits per heavy atom. The van der Waals surface area contributed by atoms with E-state index >= 15 is 0 Å². The number of para-hydroxylation sites is 1. The summed E-state index contributed by atoms with van der Waals surface area (Å²) in [6.07, 6.45) is 7.39. The Balaban J connectivity index is 1.75. The Hall–Kier alpha value is -2.97. The number of hydrogen-bond donors (Lipinski definition) is 1. The quantitative estimate of drug-likeness (QED) is 0.290. The molecule has 3 amide bonds. The molecule has 1 N–H and O–H groups in total. The van der Waals surface area contributed by atoms with E-state index in [4.69, 9.17) is 4.74 Å². The zero-order chi connectivity index (χ0) is 28.2. The van der Waals surface area contributed by atoms with Crippen LogP contribution in [0.5, 0.6) is 0 Å². The van der Waals surface area contributed by atoms with Gasteiger partial charge < -0.3 is 24.5 Å². The number of aliphatic hydroxyl groups excluding tert-OH is 1. The predicted molar refractivity (Wildman–Crippen MR) is 151 cm³/mol. The normalized spacial score (nSPS) is 28.8. The summed E-state index contributed by atoms with van der Waals surface area (Å²) in [6.45, 7) is 13.3. The first-order chi connectivity index (χ1) is 18.8. The Morgan fingerprint density at radius 1 is 1.10 bits per heavy atom. The van der Waals surface area contributed by atoms with Gasteiger partial charge in [0, 0.05) is 38.5 Å². The molecule has 8 heteroatoms. The maximum absolute atomic E-state index is 14.3. The van der Waals surface area contributed by atoms with E-state index in [2.05, 4.69) is 20.1 Å². The van der Waals surface area contributed by atoms with Gasteiger partial charge in [0.25, 0.3) is 0 Å². The number of nitrogens with zero attached hydrogens (tertiary/aromatic N) is 3. The molecule has 0 saturated carbocycles. The number of likely N-dealkylation sites (tertiary alicyclic amines) is 1. The molecular formula is C31H43N3O5. The predicted octanol–water partition coefficient (Wildman–Crippen LogP) is 3.56. The molecule has 2 unspecified atom stereocenters. The fourth-order valence-corrected chi connectivity index (χ4v) is 6.91. The lowest BCUT2D eigenvalue weighted by Crippen LogP contribution is -2.56. The van der Waals surface area contributed by atoms with Gasteiger partial charge in [-0.05, 0) is 51.2 Å². The number of fused-ring (bicyclic) bond motifs is 1. The first-order valence-corrected chi connectivity index (χ1v) is 14.3. The minimum absolute atomic E-state index is 0.0115. The number of ether oxygens (including phenoxy) is 1. The monoisotopic (exact) mass is 537 g/mol. The van der Waals surface area contributed by atoms with Gasteiger partial charge in [0.1, 0.15) is 11.6 Å². The number of amides is 3. The third-order valence-electron chi connectivity index (χ3n) is 8.67. The van der Waals surface area contributed by atoms with E-state index < -0.39 is 29.1 Å². The van der Waals surface area contributed by atoms with E-state index in [1.165, 1.54) is 0 Å². The molecule has 3 saturated heterocycles. The average molecular weight is 538 g/mol. The molecule has 1 aromatic carbocycles. The molecule has 3 heterocycles. The van der Waals surface area contributed by atoms with E-state index in [1.807, 2.05) is 37.3 Å². The number of hydrogen-bond acceptors (Lipinski definition) is 5. The van der Waals surface area contributed by atoms with Crippen LogP contribution in [0.3, 0.4) is 0 Å². The molecule has 1 spiro atoms. The van der Waals surface area contributed by atoms with Gasteiger partial charge >= 0.3 is 0 Å². The molecule has 39 heavy (non-hydrogen) atoms. The van der Waals surface area contributed by atoms with Crippen molar-refractivity contribution in [3.05, 3.63) is 55.6 Å². The summed E-state index contributed by atoms with van der Waals surface area (Å²) in [7, 11) is 0. The molecule has 8 nitrogen and oxygen atoms in total. The van der Waals surface area contributed by atoms with Gasteiger partial charge in [0.05, 0.1) is 17.4 Å². The van der Waals surface area contributed by atoms with Crippen LogP contribution < -0.4 is 4.90 Å². The van der Waals surface area contributed by atoms with Gasteiger partial charge in [-0.25, -0.2) is 0 Å². The maximum atomic E-state index is 14.3. The molecule has 212 valence electrons. The summed E-state index contributed by atoms with van der Waals surface area (Å²) in [4.78, 5) is 47.9. The van der Waals surface area contributed by atoms with Crippen LogP contribution in [-0.4, -0.2) is 82.7 Å². The van der Waals surface area contributed by atoms with Crippen LogP contribution in [0, 0.1) is 11.8 Å². The van der Waals surface area contributed by atoms with Crippen molar-refractivity contribution in [1.29, 1.82) is 0 Å². The highest BCUT2D eigenvalue weighted by Crippen LogP contribution is 2.63. The van der Waals surface area contributed by atoms with E-state index in [1.54, 1.807) is 26.9 Å². The second kappa shape index (κ2) is 12.0. The Bertz CT molecular complexity index is 1080. The van der Waals surface area contributed by atoms with Crippen LogP contribution in [-0.2, 0) is 19.1 Å². The average Bonchev–Trinajstić information content (AvgIpc) is 3.50. The standard InChI is InChI=1S/C31H43N3O5/c1-5-8-20-32(18-6-2)29(38)26-31-17-16-30(4,39-31)24(25(31)28(37)34(26)21-12-13-22-35)27(36)33(19-7-3)23-14-10-9-11-15-23/h6-7,9-11,14-15,24-26,35H,2-3,5,8,12-13,16-22H2,1,4H3/t24-,25+,26?,30+,31?/m1/s1. The lowest BCUT2D eigenvalue weighted by atomic mass is 9.66. The molecule has 2 bridgehead atoms. The molecule has 4 rings (SSSR count). The fraction of sp³-hybridized carbons (Fsp3) is 0.581. The first kappa shape index (κ1) is 29.0. The minimum atomic E-state index is -1.06. The number of benzene rings is 1. The topological polar surface area (TPSA) is 90.4 Å². The fourth-order valence-electron chi connectivity index (χ4n) is 6.91. The van der Waals surface area contributed by atoms with Gasteiger partial charge in [0.15, 0.2) is 0 Å². The number of aliphatic hydroxyl groups is 1. The Kier molecular flexibility index (Phi) is 8.96. The Labute approximate surface area is 232 Å². The Morgan fingerprint density at radius 3 is 2.46 bits per heavy atom. The van der Waals surface area contributed by atoms with Gasteiger partial charge in [-0.3, -0.25) is 14.4 Å². The molecule has 3 aliphatic heterocycles. The SMILES string of the molecule is C=CCN(CCCC)C(=O)C1N(CCCCO)C(=O)[C@@H]2[C@H](C(=O)N(CC=C)c3ccccc3)[C@]3(C)CCC12O3. The third-order valence-corrected chi connectivity index (χ3v) is 8.67. The van der Waals surface area contributed by atoms with Gasteiger partial charge in [-0.1, -0.05) is 43.7 Å². The van der Waals surface area contributed by atoms with E-state index in [0.29, 0.717) is 51.9 Å². The van der Waals surface area contributed by atoms with Crippen LogP contribution in [0.4, 0.5) is 5.69 Å². The molecule has 0 aliphatic carbocycles. The van der Waals surface area contributed by atoms with Gasteiger partial charge in [-0.2, -0.15) is 0 Å². The molecule has 3 aliphatic rings. The zero-order valence-corrected chi connectivity index (χ0v) is 23.4. The number of anilines is 1. The smallest absolute Gasteiger partial charge is 0.248 e. The van der Waals surface area contributed by atoms with Crippen LogP contribution in [0.15, 0.2) is 55.6 Å². The van der Waals surface area contributed by atoms with Crippen LogP contribution in [0.25, 0.3) is 0 Å². The van der Waals surface area contributed by atoms with Crippen LogP contribution in [0.2, 0.25) is 0 Å². The van der Waals surface area contributed by atoms with Crippen molar-refractivity contribution in [2.24, 2.45) is 11.8 Å². The highest BCUT2D eigenvalue weighted by Gasteiger charge is 2.78. The van der Waals surface area contributed by atoms with Crippen LogP contribution in [0.1, 0.15) is 52.4 Å². The highest BCUT2D eigenvalue weighted by atomic mass is 16.5. The molecule has 1 aromatic rings. The third kappa shape index (κ3) is 5.05. The lowest BCUT2D eigenvalue weighted by Gasteiger charge is -2.37. The van der Waals surface area contributed by atoms with E-state index in [9.17, 15) is 19.5 Å². The summed E-state index contributed by atoms with van der Waals surface area (Å²) in [6, 6.07) is 8.58. The van der Waals surface area contributed by atoms with Crippen molar-refractivity contribution in [1.82, 2.24) is 9.80 Å². The summed E-state index contributed by atoms with van der Waals surface area (Å²) in [5.74, 6) is -2.00. The lowest BCUT2D eigenvalue weighted by molar-refractivity contribution is -0.151. The van der Waals surface area contributed by atoms with Crippen molar-refractivity contribution in [3.8, 4) is 0 Å². The molecule has 0 radical (unpaired) electrons. The summed E-state index contributed by atoms with van der Waals surface area (Å²) < 4.78 is 6.78. The van der Waals surface area contributed by atoms with Crippen LogP contribution >= 0.6 is 0 Å². The van der Waals surface area contributed by atoms with Crippen molar-refractivity contribution >= 4 is 23.4 Å². The zero-order valence-electron chi connectivity index (χ0n) is 23.4. The van der Waals surface area contributed by atoms with E-state index in [-0.39, 0.29) is 24.3 Å². The second-order valence-corrected chi connectivity index (χ2v) is 11.2. The number of unbranched alkanes of at least 4 members (excludes halogenated alkanes) is 2. The largest absolute Gasteiger partial charge is 0.396 e. The van der Waals surface area contributed by atoms with Crippen molar-refractivity contribution in [3.63, 3.8) is 0 Å². The molecular weight excluding hydrogens is 494 g/mol. The minimum Gasteiger partial charge on any atom is -0.396 e. The molecule has 5 atom stereocenters. The summed E-state index contributed by atoms with van der Waals surface area (Å²) >= 11 is 0. The molecule has 0 aromatic heterocycles. The van der Waals surface area contributed by atoms with Gasteiger partial charge in [0.2, 0.25) is 17.7 Å². The summed E-state index contributed by atoms with van der Waals surface area (Å²) in [5, 5.41) is 9.40. The molecule has 3 fully saturated rings. The van der Waals surface area contributed by atoms with E-state index in [0.717, 1.165) is 18.5 Å². The maximum Gasteiger partial charge on any atom is 0.248 e. The number of rotatable bonds is 14.